The predicted molar refractivity (Wildman–Crippen MR) is 86.4 cm³/mol. The quantitative estimate of drug-likeness (QED) is 0.674. The highest BCUT2D eigenvalue weighted by Gasteiger charge is 2.08. The molecule has 0 N–H and O–H groups in total. The van der Waals surface area contributed by atoms with Crippen LogP contribution in [0.4, 0.5) is 4.39 Å². The summed E-state index contributed by atoms with van der Waals surface area (Å²) in [5.41, 5.74) is 1.93. The number of ether oxygens (including phenoxy) is 1. The smallest absolute Gasteiger partial charge is 0.141 e. The highest BCUT2D eigenvalue weighted by molar-refractivity contribution is 7.18. The molecule has 2 nitrogen and oxygen atoms in total. The van der Waals surface area contributed by atoms with Crippen molar-refractivity contribution in [3.05, 3.63) is 66.0 Å². The zero-order chi connectivity index (χ0) is 15.5. The van der Waals surface area contributed by atoms with Gasteiger partial charge in [0.2, 0.25) is 0 Å². The van der Waals surface area contributed by atoms with Crippen molar-refractivity contribution in [3.8, 4) is 32.7 Å². The number of rotatable bonds is 3. The van der Waals surface area contributed by atoms with Gasteiger partial charge in [-0.25, -0.2) is 4.39 Å². The molecule has 0 spiro atoms. The molecule has 108 valence electrons. The van der Waals surface area contributed by atoms with E-state index in [1.807, 2.05) is 42.5 Å². The van der Waals surface area contributed by atoms with Gasteiger partial charge in [-0.05, 0) is 59.7 Å². The second-order valence-corrected chi connectivity index (χ2v) is 5.78. The summed E-state index contributed by atoms with van der Waals surface area (Å²) in [7, 11) is 1.64. The second kappa shape index (κ2) is 6.00. The largest absolute Gasteiger partial charge is 0.497 e. The van der Waals surface area contributed by atoms with Crippen LogP contribution in [0.5, 0.6) is 5.75 Å². The SMILES string of the molecule is COc1ccc(-c2ccc(-c3ccc(C#N)c(F)c3)s2)cc1. The molecule has 0 amide bonds. The van der Waals surface area contributed by atoms with Crippen LogP contribution in [0.3, 0.4) is 0 Å². The Balaban J connectivity index is 1.93. The number of hydrogen-bond acceptors (Lipinski definition) is 3. The van der Waals surface area contributed by atoms with Crippen molar-refractivity contribution in [3.63, 3.8) is 0 Å². The summed E-state index contributed by atoms with van der Waals surface area (Å²) in [6.07, 6.45) is 0. The van der Waals surface area contributed by atoms with E-state index < -0.39 is 5.82 Å². The summed E-state index contributed by atoms with van der Waals surface area (Å²) in [5, 5.41) is 8.78. The Morgan fingerprint density at radius 1 is 0.955 bits per heavy atom. The maximum Gasteiger partial charge on any atom is 0.141 e. The van der Waals surface area contributed by atoms with E-state index in [0.717, 1.165) is 26.6 Å². The Kier molecular flexibility index (Phi) is 3.90. The summed E-state index contributed by atoms with van der Waals surface area (Å²) < 4.78 is 18.9. The number of nitrogens with zero attached hydrogens (tertiary/aromatic N) is 1. The molecular formula is C18H12FNOS. The van der Waals surface area contributed by atoms with Gasteiger partial charge in [-0.3, -0.25) is 0 Å². The van der Waals surface area contributed by atoms with Crippen molar-refractivity contribution >= 4 is 11.3 Å². The minimum absolute atomic E-state index is 0.0654. The summed E-state index contributed by atoms with van der Waals surface area (Å²) in [4.78, 5) is 2.07. The number of halogens is 1. The third-order valence-corrected chi connectivity index (χ3v) is 4.54. The predicted octanol–water partition coefficient (Wildman–Crippen LogP) is 5.10. The topological polar surface area (TPSA) is 33.0 Å². The summed E-state index contributed by atoms with van der Waals surface area (Å²) in [6.45, 7) is 0. The molecule has 0 aliphatic carbocycles. The van der Waals surface area contributed by atoms with Crippen molar-refractivity contribution in [2.24, 2.45) is 0 Å². The van der Waals surface area contributed by atoms with E-state index >= 15 is 0 Å². The molecule has 0 atom stereocenters. The molecule has 22 heavy (non-hydrogen) atoms. The van der Waals surface area contributed by atoms with Crippen molar-refractivity contribution < 1.29 is 9.13 Å². The first kappa shape index (κ1) is 14.3. The monoisotopic (exact) mass is 309 g/mol. The van der Waals surface area contributed by atoms with Crippen LogP contribution < -0.4 is 4.74 Å². The van der Waals surface area contributed by atoms with Gasteiger partial charge in [0.15, 0.2) is 0 Å². The third-order valence-electron chi connectivity index (χ3n) is 3.35. The van der Waals surface area contributed by atoms with Crippen LogP contribution in [0.1, 0.15) is 5.56 Å². The molecule has 1 heterocycles. The van der Waals surface area contributed by atoms with E-state index in [4.69, 9.17) is 10.00 Å². The zero-order valence-electron chi connectivity index (χ0n) is 11.8. The molecular weight excluding hydrogens is 297 g/mol. The molecule has 0 aliphatic rings. The minimum Gasteiger partial charge on any atom is -0.497 e. The van der Waals surface area contributed by atoms with Crippen LogP contribution in [0, 0.1) is 17.1 Å². The molecule has 0 fully saturated rings. The Morgan fingerprint density at radius 2 is 1.59 bits per heavy atom. The van der Waals surface area contributed by atoms with E-state index in [0.29, 0.717) is 0 Å². The van der Waals surface area contributed by atoms with Crippen molar-refractivity contribution in [1.29, 1.82) is 5.26 Å². The minimum atomic E-state index is -0.487. The first-order valence-electron chi connectivity index (χ1n) is 6.65. The standard InChI is InChI=1S/C18H12FNOS/c1-21-15-6-4-12(5-7-15)17-8-9-18(22-17)13-2-3-14(11-20)16(19)10-13/h2-10H,1H3. The lowest BCUT2D eigenvalue weighted by atomic mass is 10.1. The first-order valence-corrected chi connectivity index (χ1v) is 7.47. The molecule has 3 rings (SSSR count). The van der Waals surface area contributed by atoms with Gasteiger partial charge in [0.05, 0.1) is 12.7 Å². The number of benzene rings is 2. The molecule has 0 bridgehead atoms. The average molecular weight is 309 g/mol. The molecule has 3 aromatic rings. The normalized spacial score (nSPS) is 10.2. The van der Waals surface area contributed by atoms with Gasteiger partial charge >= 0.3 is 0 Å². The fourth-order valence-corrected chi connectivity index (χ4v) is 3.17. The molecule has 0 aliphatic heterocycles. The van der Waals surface area contributed by atoms with Crippen LogP contribution in [0.2, 0.25) is 0 Å². The molecule has 0 unspecified atom stereocenters. The maximum atomic E-state index is 13.7. The number of methoxy groups -OCH3 is 1. The Hall–Kier alpha value is -2.64. The van der Waals surface area contributed by atoms with E-state index in [9.17, 15) is 4.39 Å². The summed E-state index contributed by atoms with van der Waals surface area (Å²) in [5.74, 6) is 0.328. The fourth-order valence-electron chi connectivity index (χ4n) is 2.16. The van der Waals surface area contributed by atoms with E-state index in [2.05, 4.69) is 0 Å². The van der Waals surface area contributed by atoms with E-state index in [-0.39, 0.29) is 5.56 Å². The highest BCUT2D eigenvalue weighted by Crippen LogP contribution is 2.35. The summed E-state index contributed by atoms with van der Waals surface area (Å²) in [6, 6.07) is 18.3. The van der Waals surface area contributed by atoms with Gasteiger partial charge in [0, 0.05) is 9.75 Å². The molecule has 1 aromatic heterocycles. The Bertz CT molecular complexity index is 846. The first-order chi connectivity index (χ1) is 10.7. The van der Waals surface area contributed by atoms with Crippen molar-refractivity contribution in [1.82, 2.24) is 0 Å². The summed E-state index contributed by atoms with van der Waals surface area (Å²) >= 11 is 1.58. The van der Waals surface area contributed by atoms with Crippen molar-refractivity contribution in [2.75, 3.05) is 7.11 Å². The fraction of sp³-hybridized carbons (Fsp3) is 0.0556. The molecule has 0 saturated carbocycles. The highest BCUT2D eigenvalue weighted by atomic mass is 32.1. The second-order valence-electron chi connectivity index (χ2n) is 4.70. The number of hydrogen-bond donors (Lipinski definition) is 0. The lowest BCUT2D eigenvalue weighted by molar-refractivity contribution is 0.415. The van der Waals surface area contributed by atoms with Gasteiger partial charge in [-0.15, -0.1) is 11.3 Å². The third kappa shape index (κ3) is 2.72. The van der Waals surface area contributed by atoms with Crippen LogP contribution >= 0.6 is 11.3 Å². The lowest BCUT2D eigenvalue weighted by Crippen LogP contribution is -1.83. The maximum absolute atomic E-state index is 13.7. The number of nitriles is 1. The molecule has 0 radical (unpaired) electrons. The van der Waals surface area contributed by atoms with Gasteiger partial charge in [-0.2, -0.15) is 5.26 Å². The van der Waals surface area contributed by atoms with Gasteiger partial charge in [0.1, 0.15) is 17.6 Å². The lowest BCUT2D eigenvalue weighted by Gasteiger charge is -2.01. The van der Waals surface area contributed by atoms with E-state index in [1.165, 1.54) is 12.1 Å². The van der Waals surface area contributed by atoms with Crippen LogP contribution in [-0.2, 0) is 0 Å². The molecule has 0 saturated heterocycles. The van der Waals surface area contributed by atoms with Crippen molar-refractivity contribution in [2.45, 2.75) is 0 Å². The number of thiophene rings is 1. The van der Waals surface area contributed by atoms with Gasteiger partial charge in [-0.1, -0.05) is 6.07 Å². The van der Waals surface area contributed by atoms with Crippen LogP contribution in [0.15, 0.2) is 54.6 Å². The average Bonchev–Trinajstić information content (AvgIpc) is 3.05. The Morgan fingerprint density at radius 3 is 2.18 bits per heavy atom. The van der Waals surface area contributed by atoms with Gasteiger partial charge in [0.25, 0.3) is 0 Å². The Labute approximate surface area is 132 Å². The van der Waals surface area contributed by atoms with Crippen LogP contribution in [0.25, 0.3) is 20.9 Å². The molecule has 4 heteroatoms. The zero-order valence-corrected chi connectivity index (χ0v) is 12.7. The van der Waals surface area contributed by atoms with Crippen LogP contribution in [-0.4, -0.2) is 7.11 Å². The van der Waals surface area contributed by atoms with Gasteiger partial charge < -0.3 is 4.74 Å². The molecule has 2 aromatic carbocycles. The van der Waals surface area contributed by atoms with E-state index in [1.54, 1.807) is 24.5 Å².